The fourth-order valence-electron chi connectivity index (χ4n) is 6.02. The minimum Gasteiger partial charge on any atom is -0.387 e. The van der Waals surface area contributed by atoms with Gasteiger partial charge in [-0.1, -0.05) is 185 Å². The van der Waals surface area contributed by atoms with Crippen LogP contribution in [0, 0.1) is 0 Å². The number of aliphatic hydroxyl groups is 2. The van der Waals surface area contributed by atoms with E-state index in [9.17, 15) is 28.0 Å². The molecule has 0 radical (unpaired) electrons. The number of rotatable bonds is 36. The Balaban J connectivity index is 4.13. The first-order valence-corrected chi connectivity index (χ1v) is 21.9. The van der Waals surface area contributed by atoms with Crippen LogP contribution in [0.1, 0.15) is 194 Å². The Hall–Kier alpha value is -1.48. The maximum absolute atomic E-state index is 12.6. The summed E-state index contributed by atoms with van der Waals surface area (Å²) in [5, 5.41) is 23.3. The fraction of sp³-hybridized carbons (Fsp3) is 0.829. The van der Waals surface area contributed by atoms with Crippen molar-refractivity contribution in [1.29, 1.82) is 0 Å². The molecule has 7 nitrogen and oxygen atoms in total. The Morgan fingerprint density at radius 3 is 1.35 bits per heavy atom. The summed E-state index contributed by atoms with van der Waals surface area (Å²) in [4.78, 5) is 12.6. The lowest BCUT2D eigenvalue weighted by molar-refractivity contribution is -0.130. The van der Waals surface area contributed by atoms with Crippen LogP contribution in [0.3, 0.4) is 0 Å². The first-order chi connectivity index (χ1) is 23.7. The van der Waals surface area contributed by atoms with Crippen molar-refractivity contribution in [2.45, 2.75) is 212 Å². The maximum Gasteiger partial charge on any atom is 0.267 e. The zero-order valence-electron chi connectivity index (χ0n) is 31.7. The van der Waals surface area contributed by atoms with E-state index in [-0.39, 0.29) is 6.42 Å². The third-order valence-corrected chi connectivity index (χ3v) is 9.94. The zero-order valence-corrected chi connectivity index (χ0v) is 32.5. The summed E-state index contributed by atoms with van der Waals surface area (Å²) in [7, 11) is -4.45. The van der Waals surface area contributed by atoms with Crippen LogP contribution < -0.4 is 5.32 Å². The van der Waals surface area contributed by atoms with Gasteiger partial charge in [-0.3, -0.25) is 9.35 Å². The first kappa shape index (κ1) is 47.5. The second kappa shape index (κ2) is 34.9. The minimum atomic E-state index is -4.45. The molecule has 0 aliphatic heterocycles. The van der Waals surface area contributed by atoms with Crippen LogP contribution in [0.5, 0.6) is 0 Å². The third kappa shape index (κ3) is 34.7. The summed E-state index contributed by atoms with van der Waals surface area (Å²) in [6.07, 6.45) is 42.0. The molecule has 0 saturated carbocycles. The van der Waals surface area contributed by atoms with Gasteiger partial charge in [0.15, 0.2) is 0 Å². The number of aliphatic hydroxyl groups excluding tert-OH is 2. The average molecular weight is 712 g/mol. The molecule has 0 aliphatic carbocycles. The lowest BCUT2D eigenvalue weighted by Crippen LogP contribution is -2.50. The van der Waals surface area contributed by atoms with Gasteiger partial charge in [-0.05, 0) is 44.9 Å². The highest BCUT2D eigenvalue weighted by atomic mass is 32.2. The van der Waals surface area contributed by atoms with Crippen molar-refractivity contribution in [2.75, 3.05) is 5.75 Å². The van der Waals surface area contributed by atoms with Gasteiger partial charge in [-0.2, -0.15) is 8.42 Å². The van der Waals surface area contributed by atoms with Crippen molar-refractivity contribution < 1.29 is 28.0 Å². The van der Waals surface area contributed by atoms with E-state index < -0.39 is 40.0 Å². The number of hydrogen-bond acceptors (Lipinski definition) is 5. The van der Waals surface area contributed by atoms with E-state index in [0.717, 1.165) is 44.9 Å². The van der Waals surface area contributed by atoms with Gasteiger partial charge in [0.25, 0.3) is 10.1 Å². The lowest BCUT2D eigenvalue weighted by atomic mass is 10.0. The number of carbonyl (C=O) groups is 1. The van der Waals surface area contributed by atoms with Crippen molar-refractivity contribution in [3.8, 4) is 0 Å². The molecule has 8 heteroatoms. The topological polar surface area (TPSA) is 124 Å². The number of hydrogen-bond donors (Lipinski definition) is 4. The molecule has 4 N–H and O–H groups in total. The van der Waals surface area contributed by atoms with Gasteiger partial charge in [0, 0.05) is 0 Å². The van der Waals surface area contributed by atoms with E-state index in [1.165, 1.54) is 122 Å². The highest BCUT2D eigenvalue weighted by molar-refractivity contribution is 7.85. The summed E-state index contributed by atoms with van der Waals surface area (Å²) in [5.41, 5.74) is 0. The van der Waals surface area contributed by atoms with E-state index >= 15 is 0 Å². The summed E-state index contributed by atoms with van der Waals surface area (Å²) in [6.45, 7) is 4.50. The Kier molecular flexibility index (Phi) is 33.9. The molecule has 0 rings (SSSR count). The monoisotopic (exact) mass is 712 g/mol. The third-order valence-electron chi connectivity index (χ3n) is 9.15. The summed E-state index contributed by atoms with van der Waals surface area (Å²) < 4.78 is 32.5. The molecule has 0 heterocycles. The molecular formula is C41H77NO6S. The molecule has 288 valence electrons. The molecular weight excluding hydrogens is 635 g/mol. The van der Waals surface area contributed by atoms with Crippen molar-refractivity contribution in [1.82, 2.24) is 5.32 Å². The number of carbonyl (C=O) groups excluding carboxylic acids is 1. The molecule has 3 unspecified atom stereocenters. The van der Waals surface area contributed by atoms with Gasteiger partial charge in [0.1, 0.15) is 6.10 Å². The number of allylic oxidation sites excluding steroid dienone is 5. The standard InChI is InChI=1S/C41H77NO6S/c1-3-5-7-9-11-13-15-17-19-20-21-22-24-25-27-29-31-33-35-39(43)38(37-49(46,47)48)42-41(45)40(44)36-34-32-30-28-26-23-18-16-14-12-10-8-6-4-2/h20-21,25,27,33,35,38-40,43-44H,3-19,22-24,26,28-32,34,36-37H2,1-2H3,(H,42,45)(H,46,47,48)/b21-20+,27-25+,35-33+. The van der Waals surface area contributed by atoms with Crippen LogP contribution in [0.15, 0.2) is 36.5 Å². The van der Waals surface area contributed by atoms with Gasteiger partial charge >= 0.3 is 0 Å². The predicted molar refractivity (Wildman–Crippen MR) is 208 cm³/mol. The predicted octanol–water partition coefficient (Wildman–Crippen LogP) is 10.7. The van der Waals surface area contributed by atoms with Crippen molar-refractivity contribution in [2.24, 2.45) is 0 Å². The molecule has 0 spiro atoms. The van der Waals surface area contributed by atoms with Crippen LogP contribution in [0.25, 0.3) is 0 Å². The Morgan fingerprint density at radius 2 is 0.918 bits per heavy atom. The van der Waals surface area contributed by atoms with E-state index in [4.69, 9.17) is 0 Å². The Labute approximate surface area is 302 Å². The van der Waals surface area contributed by atoms with E-state index in [1.807, 2.05) is 0 Å². The fourth-order valence-corrected chi connectivity index (χ4v) is 6.75. The van der Waals surface area contributed by atoms with Gasteiger partial charge in [-0.25, -0.2) is 0 Å². The average Bonchev–Trinajstić information content (AvgIpc) is 3.06. The molecule has 0 aromatic carbocycles. The second-order valence-electron chi connectivity index (χ2n) is 14.0. The normalized spacial score (nSPS) is 14.3. The summed E-state index contributed by atoms with van der Waals surface area (Å²) in [5.74, 6) is -1.56. The molecule has 0 aromatic rings. The number of unbranched alkanes of at least 4 members (excludes halogenated alkanes) is 23. The number of nitrogens with one attached hydrogen (secondary N) is 1. The second-order valence-corrected chi connectivity index (χ2v) is 15.5. The quantitative estimate of drug-likeness (QED) is 0.0291. The zero-order chi connectivity index (χ0) is 36.3. The molecule has 0 bridgehead atoms. The van der Waals surface area contributed by atoms with Gasteiger partial charge < -0.3 is 15.5 Å². The van der Waals surface area contributed by atoms with Crippen LogP contribution in [-0.2, 0) is 14.9 Å². The number of amides is 1. The molecule has 0 aromatic heterocycles. The molecule has 0 saturated heterocycles. The highest BCUT2D eigenvalue weighted by Gasteiger charge is 2.27. The molecule has 0 fully saturated rings. The van der Waals surface area contributed by atoms with Crippen LogP contribution in [0.4, 0.5) is 0 Å². The Bertz CT molecular complexity index is 932. The van der Waals surface area contributed by atoms with E-state index in [0.29, 0.717) is 12.8 Å². The maximum atomic E-state index is 12.6. The largest absolute Gasteiger partial charge is 0.387 e. The van der Waals surface area contributed by atoms with Crippen LogP contribution >= 0.6 is 0 Å². The van der Waals surface area contributed by atoms with Crippen molar-refractivity contribution in [3.63, 3.8) is 0 Å². The van der Waals surface area contributed by atoms with Crippen molar-refractivity contribution >= 4 is 16.0 Å². The molecule has 3 atom stereocenters. The van der Waals surface area contributed by atoms with Gasteiger partial charge in [0.2, 0.25) is 5.91 Å². The van der Waals surface area contributed by atoms with Gasteiger partial charge in [-0.15, -0.1) is 0 Å². The van der Waals surface area contributed by atoms with Crippen LogP contribution in [0.2, 0.25) is 0 Å². The summed E-state index contributed by atoms with van der Waals surface area (Å²) in [6, 6.07) is -1.25. The Morgan fingerprint density at radius 1 is 0.551 bits per heavy atom. The van der Waals surface area contributed by atoms with Crippen LogP contribution in [-0.4, -0.2) is 53.1 Å². The minimum absolute atomic E-state index is 0.274. The molecule has 1 amide bonds. The SMILES string of the molecule is CCCCCCCCCC/C=C/CC/C=C/CC/C=C/C(O)C(CS(=O)(=O)O)NC(=O)C(O)CCCCCCCCCCCCCCCC. The van der Waals surface area contributed by atoms with Gasteiger partial charge in [0.05, 0.1) is 17.9 Å². The first-order valence-electron chi connectivity index (χ1n) is 20.3. The van der Waals surface area contributed by atoms with Crippen molar-refractivity contribution in [3.05, 3.63) is 36.5 Å². The smallest absolute Gasteiger partial charge is 0.267 e. The highest BCUT2D eigenvalue weighted by Crippen LogP contribution is 2.14. The van der Waals surface area contributed by atoms with E-state index in [1.54, 1.807) is 6.08 Å². The molecule has 0 aliphatic rings. The lowest BCUT2D eigenvalue weighted by Gasteiger charge is -2.22. The summed E-state index contributed by atoms with van der Waals surface area (Å²) >= 11 is 0. The van der Waals surface area contributed by atoms with E-state index in [2.05, 4.69) is 43.5 Å². The molecule has 49 heavy (non-hydrogen) atoms.